The molecule has 1 aromatic carbocycles. The van der Waals surface area contributed by atoms with Crippen LogP contribution in [0, 0.1) is 6.92 Å². The van der Waals surface area contributed by atoms with Gasteiger partial charge in [0.15, 0.2) is 0 Å². The van der Waals surface area contributed by atoms with E-state index >= 15 is 0 Å². The first-order valence-electron chi connectivity index (χ1n) is 7.28. The molecule has 2 nitrogen and oxygen atoms in total. The standard InChI is InChI=1S/C17H19F2NO/c1-13-6-7-16(21-13)15-5-3-2-4-14(15)12-20-10-8-17(18,19)9-11-20/h2-7H,8-12H2,1H3. The second-order valence-corrected chi connectivity index (χ2v) is 5.70. The van der Waals surface area contributed by atoms with Crippen LogP contribution in [0.3, 0.4) is 0 Å². The smallest absolute Gasteiger partial charge is 0.250 e. The van der Waals surface area contributed by atoms with Gasteiger partial charge in [-0.1, -0.05) is 24.3 Å². The highest BCUT2D eigenvalue weighted by atomic mass is 19.3. The van der Waals surface area contributed by atoms with Gasteiger partial charge < -0.3 is 4.42 Å². The first-order valence-corrected chi connectivity index (χ1v) is 7.28. The third-order valence-electron chi connectivity index (χ3n) is 4.00. The summed E-state index contributed by atoms with van der Waals surface area (Å²) >= 11 is 0. The van der Waals surface area contributed by atoms with Gasteiger partial charge in [-0.05, 0) is 24.6 Å². The fraction of sp³-hybridized carbons (Fsp3) is 0.412. The average molecular weight is 291 g/mol. The lowest BCUT2D eigenvalue weighted by Gasteiger charge is -2.32. The number of rotatable bonds is 3. The average Bonchev–Trinajstić information content (AvgIpc) is 2.88. The van der Waals surface area contributed by atoms with E-state index < -0.39 is 5.92 Å². The minimum absolute atomic E-state index is 0.0466. The lowest BCUT2D eigenvalue weighted by Crippen LogP contribution is -2.38. The van der Waals surface area contributed by atoms with Crippen LogP contribution >= 0.6 is 0 Å². The molecule has 2 heterocycles. The van der Waals surface area contributed by atoms with E-state index in [0.717, 1.165) is 22.6 Å². The highest BCUT2D eigenvalue weighted by Gasteiger charge is 2.33. The Morgan fingerprint density at radius 3 is 2.48 bits per heavy atom. The zero-order valence-corrected chi connectivity index (χ0v) is 12.1. The lowest BCUT2D eigenvalue weighted by molar-refractivity contribution is -0.0566. The second kappa shape index (κ2) is 5.60. The van der Waals surface area contributed by atoms with Gasteiger partial charge in [-0.3, -0.25) is 4.90 Å². The third kappa shape index (κ3) is 3.32. The normalized spacial score (nSPS) is 18.8. The fourth-order valence-corrected chi connectivity index (χ4v) is 2.76. The number of aryl methyl sites for hydroxylation is 1. The number of piperidine rings is 1. The van der Waals surface area contributed by atoms with Crippen LogP contribution in [-0.2, 0) is 6.54 Å². The van der Waals surface area contributed by atoms with E-state index in [2.05, 4.69) is 4.90 Å². The molecule has 1 aliphatic rings. The van der Waals surface area contributed by atoms with Crippen molar-refractivity contribution >= 4 is 0 Å². The Labute approximate surface area is 123 Å². The van der Waals surface area contributed by atoms with Crippen LogP contribution in [0.25, 0.3) is 11.3 Å². The van der Waals surface area contributed by atoms with Crippen LogP contribution in [0.4, 0.5) is 8.78 Å². The van der Waals surface area contributed by atoms with Crippen molar-refractivity contribution in [3.8, 4) is 11.3 Å². The van der Waals surface area contributed by atoms with Crippen LogP contribution in [0.2, 0.25) is 0 Å². The van der Waals surface area contributed by atoms with Crippen LogP contribution in [-0.4, -0.2) is 23.9 Å². The van der Waals surface area contributed by atoms with E-state index in [1.807, 2.05) is 43.3 Å². The summed E-state index contributed by atoms with van der Waals surface area (Å²) in [6.45, 7) is 3.49. The first-order chi connectivity index (χ1) is 10.0. The molecule has 1 fully saturated rings. The highest BCUT2D eigenvalue weighted by Crippen LogP contribution is 2.31. The molecule has 2 aromatic rings. The summed E-state index contributed by atoms with van der Waals surface area (Å²) in [5.41, 5.74) is 2.17. The van der Waals surface area contributed by atoms with E-state index in [1.165, 1.54) is 0 Å². The maximum Gasteiger partial charge on any atom is 0.250 e. The number of alkyl halides is 2. The maximum atomic E-state index is 13.2. The molecule has 1 aromatic heterocycles. The number of likely N-dealkylation sites (tertiary alicyclic amines) is 1. The quantitative estimate of drug-likeness (QED) is 0.828. The molecule has 0 saturated carbocycles. The topological polar surface area (TPSA) is 16.4 Å². The molecule has 0 spiro atoms. The Morgan fingerprint density at radius 2 is 1.81 bits per heavy atom. The van der Waals surface area contributed by atoms with Crippen molar-refractivity contribution in [2.24, 2.45) is 0 Å². The van der Waals surface area contributed by atoms with E-state index in [0.29, 0.717) is 19.6 Å². The van der Waals surface area contributed by atoms with Gasteiger partial charge in [-0.2, -0.15) is 0 Å². The molecule has 112 valence electrons. The van der Waals surface area contributed by atoms with Crippen molar-refractivity contribution in [2.45, 2.75) is 32.2 Å². The fourth-order valence-electron chi connectivity index (χ4n) is 2.76. The summed E-state index contributed by atoms with van der Waals surface area (Å²) in [6.07, 6.45) is -0.0932. The van der Waals surface area contributed by atoms with Gasteiger partial charge in [0.1, 0.15) is 11.5 Å². The molecule has 0 atom stereocenters. The minimum Gasteiger partial charge on any atom is -0.461 e. The Hall–Kier alpha value is -1.68. The SMILES string of the molecule is Cc1ccc(-c2ccccc2CN2CCC(F)(F)CC2)o1. The molecule has 0 unspecified atom stereocenters. The molecule has 4 heteroatoms. The van der Waals surface area contributed by atoms with Crippen molar-refractivity contribution in [1.82, 2.24) is 4.90 Å². The molecule has 0 bridgehead atoms. The highest BCUT2D eigenvalue weighted by molar-refractivity contribution is 5.62. The van der Waals surface area contributed by atoms with E-state index in [-0.39, 0.29) is 12.8 Å². The van der Waals surface area contributed by atoms with Crippen LogP contribution in [0.1, 0.15) is 24.2 Å². The molecule has 21 heavy (non-hydrogen) atoms. The lowest BCUT2D eigenvalue weighted by atomic mass is 10.0. The number of hydrogen-bond acceptors (Lipinski definition) is 2. The van der Waals surface area contributed by atoms with E-state index in [9.17, 15) is 8.78 Å². The predicted molar refractivity (Wildman–Crippen MR) is 78.3 cm³/mol. The zero-order valence-electron chi connectivity index (χ0n) is 12.1. The van der Waals surface area contributed by atoms with E-state index in [4.69, 9.17) is 4.42 Å². The summed E-state index contributed by atoms with van der Waals surface area (Å²) in [6, 6.07) is 11.9. The van der Waals surface area contributed by atoms with Crippen molar-refractivity contribution in [2.75, 3.05) is 13.1 Å². The largest absolute Gasteiger partial charge is 0.461 e. The van der Waals surface area contributed by atoms with Crippen LogP contribution in [0.5, 0.6) is 0 Å². The van der Waals surface area contributed by atoms with Gasteiger partial charge in [0.25, 0.3) is 5.92 Å². The number of furan rings is 1. The molecule has 3 rings (SSSR count). The van der Waals surface area contributed by atoms with E-state index in [1.54, 1.807) is 0 Å². The van der Waals surface area contributed by atoms with Crippen molar-refractivity contribution in [3.63, 3.8) is 0 Å². The molecule has 0 aliphatic carbocycles. The summed E-state index contributed by atoms with van der Waals surface area (Å²) in [7, 11) is 0. The van der Waals surface area contributed by atoms with Gasteiger partial charge >= 0.3 is 0 Å². The Balaban J connectivity index is 1.77. The van der Waals surface area contributed by atoms with Crippen molar-refractivity contribution in [3.05, 3.63) is 47.7 Å². The number of nitrogens with zero attached hydrogens (tertiary/aromatic N) is 1. The van der Waals surface area contributed by atoms with Crippen LogP contribution < -0.4 is 0 Å². The van der Waals surface area contributed by atoms with Gasteiger partial charge in [-0.25, -0.2) is 8.78 Å². The van der Waals surface area contributed by atoms with Crippen molar-refractivity contribution < 1.29 is 13.2 Å². The minimum atomic E-state index is -2.49. The van der Waals surface area contributed by atoms with Crippen LogP contribution in [0.15, 0.2) is 40.8 Å². The second-order valence-electron chi connectivity index (χ2n) is 5.70. The number of halogens is 2. The van der Waals surface area contributed by atoms with Gasteiger partial charge in [0, 0.05) is 38.0 Å². The monoisotopic (exact) mass is 291 g/mol. The van der Waals surface area contributed by atoms with Gasteiger partial charge in [0.2, 0.25) is 0 Å². The Kier molecular flexibility index (Phi) is 3.81. The molecule has 1 aliphatic heterocycles. The molecule has 1 saturated heterocycles. The number of hydrogen-bond donors (Lipinski definition) is 0. The predicted octanol–water partition coefficient (Wildman–Crippen LogP) is 4.49. The summed E-state index contributed by atoms with van der Waals surface area (Å²) in [4.78, 5) is 2.09. The Morgan fingerprint density at radius 1 is 1.10 bits per heavy atom. The number of benzene rings is 1. The summed E-state index contributed by atoms with van der Waals surface area (Å²) in [5, 5.41) is 0. The Bertz CT molecular complexity index is 611. The summed E-state index contributed by atoms with van der Waals surface area (Å²) < 4.78 is 32.1. The zero-order chi connectivity index (χ0) is 14.9. The molecule has 0 amide bonds. The van der Waals surface area contributed by atoms with Crippen molar-refractivity contribution in [1.29, 1.82) is 0 Å². The third-order valence-corrected chi connectivity index (χ3v) is 4.00. The first kappa shape index (κ1) is 14.3. The summed E-state index contributed by atoms with van der Waals surface area (Å²) in [5.74, 6) is -0.781. The molecular weight excluding hydrogens is 272 g/mol. The molecule has 0 N–H and O–H groups in total. The molecule has 0 radical (unpaired) electrons. The van der Waals surface area contributed by atoms with Gasteiger partial charge in [-0.15, -0.1) is 0 Å². The van der Waals surface area contributed by atoms with Gasteiger partial charge in [0.05, 0.1) is 0 Å². The maximum absolute atomic E-state index is 13.2. The molecular formula is C17H19F2NO.